The lowest BCUT2D eigenvalue weighted by molar-refractivity contribution is 0.581. The van der Waals surface area contributed by atoms with E-state index in [1.807, 2.05) is 12.1 Å². The number of rotatable bonds is 2. The SMILES string of the molecule is O=c1[nH]c2ccc(I)cc2c(=O)n1CC1CC1. The van der Waals surface area contributed by atoms with Crippen LogP contribution in [0, 0.1) is 9.49 Å². The summed E-state index contributed by atoms with van der Waals surface area (Å²) < 4.78 is 2.33. The molecule has 3 rings (SSSR count). The lowest BCUT2D eigenvalue weighted by atomic mass is 10.2. The first-order valence-corrected chi connectivity index (χ1v) is 6.65. The predicted octanol–water partition coefficient (Wildman–Crippen LogP) is 1.70. The molecule has 0 bridgehead atoms. The molecule has 88 valence electrons. The number of hydrogen-bond acceptors (Lipinski definition) is 2. The number of aromatic nitrogens is 2. The summed E-state index contributed by atoms with van der Waals surface area (Å²) in [7, 11) is 0. The van der Waals surface area contributed by atoms with Crippen LogP contribution in [0.25, 0.3) is 10.9 Å². The van der Waals surface area contributed by atoms with Crippen molar-refractivity contribution in [2.45, 2.75) is 19.4 Å². The summed E-state index contributed by atoms with van der Waals surface area (Å²) in [5.41, 5.74) is 0.150. The third-order valence-electron chi connectivity index (χ3n) is 3.08. The molecule has 0 saturated heterocycles. The topological polar surface area (TPSA) is 54.9 Å². The van der Waals surface area contributed by atoms with Gasteiger partial charge in [0.05, 0.1) is 10.9 Å². The average Bonchev–Trinajstić information content (AvgIpc) is 3.09. The van der Waals surface area contributed by atoms with E-state index in [0.29, 0.717) is 23.4 Å². The van der Waals surface area contributed by atoms with E-state index in [1.165, 1.54) is 4.57 Å². The van der Waals surface area contributed by atoms with Gasteiger partial charge in [0.25, 0.3) is 5.56 Å². The molecule has 1 saturated carbocycles. The highest BCUT2D eigenvalue weighted by atomic mass is 127. The fourth-order valence-electron chi connectivity index (χ4n) is 1.95. The molecule has 1 heterocycles. The summed E-state index contributed by atoms with van der Waals surface area (Å²) in [6.45, 7) is 0.551. The summed E-state index contributed by atoms with van der Waals surface area (Å²) in [6.07, 6.45) is 2.24. The van der Waals surface area contributed by atoms with Crippen molar-refractivity contribution in [3.63, 3.8) is 0 Å². The van der Waals surface area contributed by atoms with Crippen molar-refractivity contribution in [3.8, 4) is 0 Å². The van der Waals surface area contributed by atoms with E-state index in [2.05, 4.69) is 27.6 Å². The van der Waals surface area contributed by atoms with Crippen LogP contribution >= 0.6 is 22.6 Å². The van der Waals surface area contributed by atoms with Crippen LogP contribution in [0.15, 0.2) is 27.8 Å². The number of fused-ring (bicyclic) bond motifs is 1. The maximum Gasteiger partial charge on any atom is 0.328 e. The lowest BCUT2D eigenvalue weighted by Gasteiger charge is -2.05. The van der Waals surface area contributed by atoms with Crippen LogP contribution < -0.4 is 11.2 Å². The van der Waals surface area contributed by atoms with E-state index in [4.69, 9.17) is 0 Å². The largest absolute Gasteiger partial charge is 0.328 e. The first kappa shape index (κ1) is 11.0. The van der Waals surface area contributed by atoms with Gasteiger partial charge in [0.15, 0.2) is 0 Å². The molecular formula is C12H11IN2O2. The number of halogens is 1. The molecule has 0 spiro atoms. The van der Waals surface area contributed by atoms with Gasteiger partial charge < -0.3 is 4.98 Å². The van der Waals surface area contributed by atoms with E-state index in [0.717, 1.165) is 16.4 Å². The average molecular weight is 342 g/mol. The minimum Gasteiger partial charge on any atom is -0.307 e. The molecule has 4 nitrogen and oxygen atoms in total. The van der Waals surface area contributed by atoms with E-state index < -0.39 is 0 Å². The zero-order chi connectivity index (χ0) is 12.0. The number of benzene rings is 1. The Balaban J connectivity index is 2.28. The standard InChI is InChI=1S/C12H11IN2O2/c13-8-3-4-10-9(5-8)11(16)15(12(17)14-10)6-7-1-2-7/h3-5,7H,1-2,6H2,(H,14,17). The fraction of sp³-hybridized carbons (Fsp3) is 0.333. The van der Waals surface area contributed by atoms with Crippen molar-refractivity contribution in [3.05, 3.63) is 42.6 Å². The van der Waals surface area contributed by atoms with Crippen LogP contribution in [0.1, 0.15) is 12.8 Å². The van der Waals surface area contributed by atoms with Crippen LogP contribution in [0.2, 0.25) is 0 Å². The van der Waals surface area contributed by atoms with Gasteiger partial charge in [-0.05, 0) is 59.5 Å². The van der Waals surface area contributed by atoms with Crippen molar-refractivity contribution in [1.82, 2.24) is 9.55 Å². The molecule has 17 heavy (non-hydrogen) atoms. The highest BCUT2D eigenvalue weighted by Gasteiger charge is 2.23. The third kappa shape index (κ3) is 2.03. The number of nitrogens with zero attached hydrogens (tertiary/aromatic N) is 1. The quantitative estimate of drug-likeness (QED) is 0.845. The minimum atomic E-state index is -0.296. The molecule has 1 fully saturated rings. The molecule has 0 radical (unpaired) electrons. The van der Waals surface area contributed by atoms with Crippen molar-refractivity contribution < 1.29 is 0 Å². The van der Waals surface area contributed by atoms with Gasteiger partial charge in [0.2, 0.25) is 0 Å². The van der Waals surface area contributed by atoms with Gasteiger partial charge in [0.1, 0.15) is 0 Å². The zero-order valence-electron chi connectivity index (χ0n) is 9.07. The van der Waals surface area contributed by atoms with Gasteiger partial charge >= 0.3 is 5.69 Å². The van der Waals surface area contributed by atoms with Gasteiger partial charge in [-0.1, -0.05) is 0 Å². The zero-order valence-corrected chi connectivity index (χ0v) is 11.2. The van der Waals surface area contributed by atoms with Gasteiger partial charge in [-0.3, -0.25) is 9.36 Å². The van der Waals surface area contributed by atoms with Crippen LogP contribution in [-0.2, 0) is 6.54 Å². The van der Waals surface area contributed by atoms with Crippen LogP contribution in [-0.4, -0.2) is 9.55 Å². The second kappa shape index (κ2) is 3.97. The Bertz CT molecular complexity index is 698. The number of hydrogen-bond donors (Lipinski definition) is 1. The Labute approximate surface area is 111 Å². The molecule has 1 N–H and O–H groups in total. The van der Waals surface area contributed by atoms with Gasteiger partial charge in [-0.15, -0.1) is 0 Å². The maximum absolute atomic E-state index is 12.2. The molecule has 0 unspecified atom stereocenters. The van der Waals surface area contributed by atoms with Crippen molar-refractivity contribution in [2.24, 2.45) is 5.92 Å². The van der Waals surface area contributed by atoms with Crippen molar-refractivity contribution >= 4 is 33.5 Å². The molecule has 5 heteroatoms. The molecule has 1 aliphatic rings. The molecule has 0 amide bonds. The molecule has 1 aromatic carbocycles. The summed E-state index contributed by atoms with van der Waals surface area (Å²) in [6, 6.07) is 5.47. The Morgan fingerprint density at radius 3 is 2.82 bits per heavy atom. The van der Waals surface area contributed by atoms with Crippen LogP contribution in [0.5, 0.6) is 0 Å². The summed E-state index contributed by atoms with van der Waals surface area (Å²) in [5.74, 6) is 0.508. The Kier molecular flexibility index (Phi) is 2.57. The molecular weight excluding hydrogens is 331 g/mol. The van der Waals surface area contributed by atoms with Crippen molar-refractivity contribution in [1.29, 1.82) is 0 Å². The Hall–Kier alpha value is -1.11. The summed E-state index contributed by atoms with van der Waals surface area (Å²) in [4.78, 5) is 26.8. The molecule has 1 aromatic heterocycles. The van der Waals surface area contributed by atoms with E-state index in [9.17, 15) is 9.59 Å². The highest BCUT2D eigenvalue weighted by Crippen LogP contribution is 2.29. The highest BCUT2D eigenvalue weighted by molar-refractivity contribution is 14.1. The van der Waals surface area contributed by atoms with Crippen LogP contribution in [0.3, 0.4) is 0 Å². The number of aromatic amines is 1. The second-order valence-corrected chi connectivity index (χ2v) is 5.72. The van der Waals surface area contributed by atoms with Gasteiger partial charge in [0, 0.05) is 10.1 Å². The molecule has 0 aliphatic heterocycles. The smallest absolute Gasteiger partial charge is 0.307 e. The van der Waals surface area contributed by atoms with Gasteiger partial charge in [-0.2, -0.15) is 0 Å². The molecule has 1 aliphatic carbocycles. The minimum absolute atomic E-state index is 0.172. The maximum atomic E-state index is 12.2. The monoisotopic (exact) mass is 342 g/mol. The van der Waals surface area contributed by atoms with E-state index in [1.54, 1.807) is 6.07 Å². The molecule has 0 atom stereocenters. The van der Waals surface area contributed by atoms with Crippen LogP contribution in [0.4, 0.5) is 0 Å². The summed E-state index contributed by atoms with van der Waals surface area (Å²) in [5, 5.41) is 0.595. The fourth-order valence-corrected chi connectivity index (χ4v) is 2.44. The van der Waals surface area contributed by atoms with Crippen molar-refractivity contribution in [2.75, 3.05) is 0 Å². The summed E-state index contributed by atoms with van der Waals surface area (Å²) >= 11 is 2.16. The Morgan fingerprint density at radius 1 is 1.35 bits per heavy atom. The predicted molar refractivity (Wildman–Crippen MR) is 74.3 cm³/mol. The second-order valence-electron chi connectivity index (χ2n) is 4.48. The van der Waals surface area contributed by atoms with E-state index >= 15 is 0 Å². The third-order valence-corrected chi connectivity index (χ3v) is 3.75. The lowest BCUT2D eigenvalue weighted by Crippen LogP contribution is -2.35. The number of H-pyrrole nitrogens is 1. The van der Waals surface area contributed by atoms with Gasteiger partial charge in [-0.25, -0.2) is 4.79 Å². The first-order valence-electron chi connectivity index (χ1n) is 5.57. The molecule has 2 aromatic rings. The Morgan fingerprint density at radius 2 is 2.12 bits per heavy atom. The van der Waals surface area contributed by atoms with E-state index in [-0.39, 0.29) is 11.2 Å². The normalized spacial score (nSPS) is 15.4. The number of nitrogens with one attached hydrogen (secondary N) is 1. The first-order chi connectivity index (χ1) is 8.15.